The summed E-state index contributed by atoms with van der Waals surface area (Å²) >= 11 is 0. The van der Waals surface area contributed by atoms with E-state index in [9.17, 15) is 4.79 Å². The molecule has 1 aliphatic rings. The molecule has 140 valence electrons. The third-order valence-electron chi connectivity index (χ3n) is 5.88. The molecule has 1 amide bonds. The van der Waals surface area contributed by atoms with Crippen LogP contribution in [0.5, 0.6) is 0 Å². The Balaban J connectivity index is 1.31. The minimum atomic E-state index is 0.0625. The lowest BCUT2D eigenvalue weighted by molar-refractivity contribution is -0.120. The highest BCUT2D eigenvalue weighted by molar-refractivity contribution is 5.90. The van der Waals surface area contributed by atoms with Crippen LogP contribution < -0.4 is 5.32 Å². The van der Waals surface area contributed by atoms with Crippen LogP contribution in [0.4, 0.5) is 0 Å². The van der Waals surface area contributed by atoms with Gasteiger partial charge in [-0.3, -0.25) is 4.79 Å². The minimum Gasteiger partial charge on any atom is -0.358 e. The molecule has 3 nitrogen and oxygen atoms in total. The first-order chi connectivity index (χ1) is 13.8. The molecule has 5 rings (SSSR count). The quantitative estimate of drug-likeness (QED) is 0.520. The predicted molar refractivity (Wildman–Crippen MR) is 114 cm³/mol. The van der Waals surface area contributed by atoms with Crippen LogP contribution in [0.3, 0.4) is 0 Å². The van der Waals surface area contributed by atoms with Crippen molar-refractivity contribution in [2.75, 3.05) is 0 Å². The molecule has 0 bridgehead atoms. The van der Waals surface area contributed by atoms with Crippen molar-refractivity contribution < 1.29 is 4.79 Å². The van der Waals surface area contributed by atoms with E-state index in [1.165, 1.54) is 40.4 Å². The van der Waals surface area contributed by atoms with Gasteiger partial charge in [-0.15, -0.1) is 0 Å². The Morgan fingerprint density at radius 1 is 0.929 bits per heavy atom. The number of nitrogens with one attached hydrogen (secondary N) is 2. The number of rotatable bonds is 4. The van der Waals surface area contributed by atoms with Gasteiger partial charge in [0.05, 0.1) is 6.42 Å². The lowest BCUT2D eigenvalue weighted by Gasteiger charge is -2.11. The van der Waals surface area contributed by atoms with E-state index >= 15 is 0 Å². The van der Waals surface area contributed by atoms with Crippen LogP contribution in [0, 0.1) is 0 Å². The normalized spacial score (nSPS) is 13.6. The standard InChI is InChI=1S/C25H24N2O/c28-25(15-19-8-5-7-18-6-1-2-9-20(18)19)26-16-17-12-13-24-22(14-17)21-10-3-4-11-23(21)27-24/h1-2,5-9,12-14,27H,3-4,10-11,15-16H2,(H,26,28). The molecule has 0 saturated heterocycles. The minimum absolute atomic E-state index is 0.0625. The molecule has 0 spiro atoms. The maximum Gasteiger partial charge on any atom is 0.224 e. The monoisotopic (exact) mass is 368 g/mol. The summed E-state index contributed by atoms with van der Waals surface area (Å²) in [5.41, 5.74) is 6.33. The number of aromatic nitrogens is 1. The van der Waals surface area contributed by atoms with Crippen LogP contribution in [-0.4, -0.2) is 10.9 Å². The van der Waals surface area contributed by atoms with Crippen molar-refractivity contribution in [1.29, 1.82) is 0 Å². The average molecular weight is 368 g/mol. The highest BCUT2D eigenvalue weighted by atomic mass is 16.1. The first-order valence-electron chi connectivity index (χ1n) is 10.1. The zero-order valence-corrected chi connectivity index (χ0v) is 15.9. The zero-order chi connectivity index (χ0) is 18.9. The molecule has 0 unspecified atom stereocenters. The van der Waals surface area contributed by atoms with E-state index in [0.29, 0.717) is 13.0 Å². The van der Waals surface area contributed by atoms with E-state index in [1.54, 1.807) is 0 Å². The Morgan fingerprint density at radius 2 is 1.79 bits per heavy atom. The number of aryl methyl sites for hydroxylation is 2. The number of hydrogen-bond donors (Lipinski definition) is 2. The van der Waals surface area contributed by atoms with Gasteiger partial charge in [0, 0.05) is 23.1 Å². The number of hydrogen-bond acceptors (Lipinski definition) is 1. The summed E-state index contributed by atoms with van der Waals surface area (Å²) in [6.45, 7) is 0.569. The number of H-pyrrole nitrogens is 1. The fourth-order valence-electron chi connectivity index (χ4n) is 4.45. The van der Waals surface area contributed by atoms with Gasteiger partial charge in [0.25, 0.3) is 0 Å². The van der Waals surface area contributed by atoms with Crippen LogP contribution >= 0.6 is 0 Å². The molecule has 3 aromatic carbocycles. The van der Waals surface area contributed by atoms with Crippen molar-refractivity contribution >= 4 is 27.6 Å². The highest BCUT2D eigenvalue weighted by Crippen LogP contribution is 2.29. The molecule has 4 aromatic rings. The molecular weight excluding hydrogens is 344 g/mol. The second kappa shape index (κ2) is 7.16. The summed E-state index contributed by atoms with van der Waals surface area (Å²) in [6, 6.07) is 20.9. The Bertz CT molecular complexity index is 1170. The maximum atomic E-state index is 12.6. The van der Waals surface area contributed by atoms with Gasteiger partial charge in [-0.2, -0.15) is 0 Å². The molecule has 0 aliphatic heterocycles. The van der Waals surface area contributed by atoms with Crippen molar-refractivity contribution in [3.8, 4) is 0 Å². The fraction of sp³-hybridized carbons (Fsp3) is 0.240. The SMILES string of the molecule is O=C(Cc1cccc2ccccc12)NCc1ccc2[nH]c3c(c2c1)CCCC3. The van der Waals surface area contributed by atoms with Gasteiger partial charge < -0.3 is 10.3 Å². The molecule has 0 atom stereocenters. The first kappa shape index (κ1) is 17.1. The Labute approximate surface area is 164 Å². The lowest BCUT2D eigenvalue weighted by Crippen LogP contribution is -2.24. The van der Waals surface area contributed by atoms with E-state index in [2.05, 4.69) is 46.7 Å². The van der Waals surface area contributed by atoms with Crippen molar-refractivity contribution in [3.63, 3.8) is 0 Å². The van der Waals surface area contributed by atoms with Crippen LogP contribution in [-0.2, 0) is 30.6 Å². The predicted octanol–water partition coefficient (Wildman–Crippen LogP) is 5.06. The molecule has 1 aliphatic carbocycles. The first-order valence-corrected chi connectivity index (χ1v) is 10.1. The largest absolute Gasteiger partial charge is 0.358 e. The molecule has 0 saturated carbocycles. The third kappa shape index (κ3) is 3.18. The highest BCUT2D eigenvalue weighted by Gasteiger charge is 2.15. The van der Waals surface area contributed by atoms with Crippen molar-refractivity contribution in [1.82, 2.24) is 10.3 Å². The van der Waals surface area contributed by atoms with E-state index in [0.717, 1.165) is 29.4 Å². The van der Waals surface area contributed by atoms with E-state index in [-0.39, 0.29) is 5.91 Å². The van der Waals surface area contributed by atoms with Crippen LogP contribution in [0.15, 0.2) is 60.7 Å². The summed E-state index contributed by atoms with van der Waals surface area (Å²) in [5.74, 6) is 0.0625. The second-order valence-corrected chi connectivity index (χ2v) is 7.76. The number of benzene rings is 3. The summed E-state index contributed by atoms with van der Waals surface area (Å²) in [7, 11) is 0. The summed E-state index contributed by atoms with van der Waals surface area (Å²) in [6.07, 6.45) is 5.26. The van der Waals surface area contributed by atoms with Gasteiger partial charge in [-0.25, -0.2) is 0 Å². The third-order valence-corrected chi connectivity index (χ3v) is 5.88. The van der Waals surface area contributed by atoms with Crippen LogP contribution in [0.2, 0.25) is 0 Å². The molecule has 0 radical (unpaired) electrons. The summed E-state index contributed by atoms with van der Waals surface area (Å²) in [4.78, 5) is 16.1. The van der Waals surface area contributed by atoms with Crippen LogP contribution in [0.25, 0.3) is 21.7 Å². The average Bonchev–Trinajstić information content (AvgIpc) is 3.10. The molecule has 0 fully saturated rings. The smallest absolute Gasteiger partial charge is 0.224 e. The number of amides is 1. The molecule has 28 heavy (non-hydrogen) atoms. The van der Waals surface area contributed by atoms with E-state index in [1.807, 2.05) is 24.3 Å². The van der Waals surface area contributed by atoms with Gasteiger partial charge in [0.1, 0.15) is 0 Å². The summed E-state index contributed by atoms with van der Waals surface area (Å²) < 4.78 is 0. The number of fused-ring (bicyclic) bond motifs is 4. The molecule has 1 heterocycles. The maximum absolute atomic E-state index is 12.6. The van der Waals surface area contributed by atoms with Crippen molar-refractivity contribution in [3.05, 3.63) is 83.0 Å². The number of carbonyl (C=O) groups is 1. The second-order valence-electron chi connectivity index (χ2n) is 7.76. The summed E-state index contributed by atoms with van der Waals surface area (Å²) in [5, 5.41) is 6.76. The van der Waals surface area contributed by atoms with Gasteiger partial charge in [0.15, 0.2) is 0 Å². The van der Waals surface area contributed by atoms with Crippen molar-refractivity contribution in [2.24, 2.45) is 0 Å². The Morgan fingerprint density at radius 3 is 2.75 bits per heavy atom. The van der Waals surface area contributed by atoms with Gasteiger partial charge >= 0.3 is 0 Å². The Hall–Kier alpha value is -3.07. The molecular formula is C25H24N2O. The molecule has 3 heteroatoms. The zero-order valence-electron chi connectivity index (χ0n) is 15.9. The van der Waals surface area contributed by atoms with Crippen LogP contribution in [0.1, 0.15) is 35.2 Å². The topological polar surface area (TPSA) is 44.9 Å². The van der Waals surface area contributed by atoms with Gasteiger partial charge in [0.2, 0.25) is 5.91 Å². The van der Waals surface area contributed by atoms with E-state index in [4.69, 9.17) is 0 Å². The number of carbonyl (C=O) groups excluding carboxylic acids is 1. The fourth-order valence-corrected chi connectivity index (χ4v) is 4.45. The van der Waals surface area contributed by atoms with E-state index < -0.39 is 0 Å². The van der Waals surface area contributed by atoms with Gasteiger partial charge in [-0.05, 0) is 65.3 Å². The number of aromatic amines is 1. The van der Waals surface area contributed by atoms with Crippen molar-refractivity contribution in [2.45, 2.75) is 38.6 Å². The lowest BCUT2D eigenvalue weighted by atomic mass is 9.95. The molecule has 1 aromatic heterocycles. The Kier molecular flexibility index (Phi) is 4.36. The molecule has 2 N–H and O–H groups in total. The van der Waals surface area contributed by atoms with Gasteiger partial charge in [-0.1, -0.05) is 48.5 Å².